The van der Waals surface area contributed by atoms with Gasteiger partial charge in [0.05, 0.1) is 29.8 Å². The average molecular weight is 502 g/mol. The van der Waals surface area contributed by atoms with Crippen molar-refractivity contribution in [1.82, 2.24) is 4.57 Å². The lowest BCUT2D eigenvalue weighted by atomic mass is 9.99. The highest BCUT2D eigenvalue weighted by Gasteiger charge is 2.27. The van der Waals surface area contributed by atoms with Gasteiger partial charge in [0, 0.05) is 17.5 Å². The zero-order valence-electron chi connectivity index (χ0n) is 17.5. The van der Waals surface area contributed by atoms with Gasteiger partial charge >= 0.3 is 5.97 Å². The first-order valence-electron chi connectivity index (χ1n) is 10.1. The normalized spacial score (nSPS) is 13.8. The maximum Gasteiger partial charge on any atom is 0.343 e. The van der Waals surface area contributed by atoms with E-state index < -0.39 is 5.97 Å². The highest BCUT2D eigenvalue weighted by Crippen LogP contribution is 2.45. The van der Waals surface area contributed by atoms with Gasteiger partial charge in [-0.05, 0) is 58.6 Å². The summed E-state index contributed by atoms with van der Waals surface area (Å²) >= 11 is 3.74. The molecular formula is C23H20BrNO7. The molecule has 1 aromatic heterocycles. The molecule has 0 amide bonds. The number of ether oxygens (including phenoxy) is 5. The minimum atomic E-state index is -0.553. The number of halogens is 1. The molecule has 0 bridgehead atoms. The molecule has 0 radical (unpaired) electrons. The Kier molecular flexibility index (Phi) is 5.21. The lowest BCUT2D eigenvalue weighted by Crippen LogP contribution is -2.23. The SMILES string of the molecule is COC(=O)COc1c(OC)ccc2c(Br)c3n(c(=O)c12)CCCc1cc2c(cc1-3)OCO2. The average Bonchev–Trinajstić information content (AvgIpc) is 3.18. The van der Waals surface area contributed by atoms with E-state index >= 15 is 0 Å². The maximum atomic E-state index is 13.8. The van der Waals surface area contributed by atoms with Crippen molar-refractivity contribution in [1.29, 1.82) is 0 Å². The third-order valence-electron chi connectivity index (χ3n) is 5.76. The highest BCUT2D eigenvalue weighted by molar-refractivity contribution is 9.10. The number of nitrogens with zero attached hydrogens (tertiary/aromatic N) is 1. The van der Waals surface area contributed by atoms with Crippen molar-refractivity contribution in [2.24, 2.45) is 0 Å². The number of aromatic nitrogens is 1. The maximum absolute atomic E-state index is 13.8. The molecule has 3 heterocycles. The van der Waals surface area contributed by atoms with Crippen LogP contribution in [0.3, 0.4) is 0 Å². The van der Waals surface area contributed by atoms with Crippen LogP contribution < -0.4 is 24.5 Å². The second-order valence-electron chi connectivity index (χ2n) is 7.47. The molecule has 9 heteroatoms. The van der Waals surface area contributed by atoms with Crippen LogP contribution in [-0.2, 0) is 22.5 Å². The Hall–Kier alpha value is -3.20. The summed E-state index contributed by atoms with van der Waals surface area (Å²) < 4.78 is 29.4. The van der Waals surface area contributed by atoms with Crippen LogP contribution >= 0.6 is 15.9 Å². The van der Waals surface area contributed by atoms with Gasteiger partial charge in [0.25, 0.3) is 5.56 Å². The van der Waals surface area contributed by atoms with Gasteiger partial charge in [0.2, 0.25) is 6.79 Å². The number of esters is 1. The van der Waals surface area contributed by atoms with Crippen LogP contribution in [0.15, 0.2) is 33.5 Å². The Balaban J connectivity index is 1.78. The summed E-state index contributed by atoms with van der Waals surface area (Å²) in [6, 6.07) is 7.45. The highest BCUT2D eigenvalue weighted by atomic mass is 79.9. The second-order valence-corrected chi connectivity index (χ2v) is 8.26. The molecule has 2 aromatic carbocycles. The number of methoxy groups -OCH3 is 2. The van der Waals surface area contributed by atoms with Crippen LogP contribution in [0.4, 0.5) is 0 Å². The molecule has 0 saturated heterocycles. The van der Waals surface area contributed by atoms with E-state index in [-0.39, 0.29) is 24.7 Å². The van der Waals surface area contributed by atoms with Gasteiger partial charge in [-0.1, -0.05) is 0 Å². The first-order chi connectivity index (χ1) is 15.5. The summed E-state index contributed by atoms with van der Waals surface area (Å²) in [7, 11) is 2.77. The van der Waals surface area contributed by atoms with Gasteiger partial charge in [0.1, 0.15) is 0 Å². The molecule has 0 saturated carbocycles. The molecule has 2 aliphatic rings. The van der Waals surface area contributed by atoms with Crippen LogP contribution in [0.1, 0.15) is 12.0 Å². The van der Waals surface area contributed by atoms with Crippen molar-refractivity contribution >= 4 is 32.7 Å². The zero-order chi connectivity index (χ0) is 22.4. The molecule has 166 valence electrons. The summed E-state index contributed by atoms with van der Waals surface area (Å²) in [4.78, 5) is 25.4. The second kappa shape index (κ2) is 8.05. The molecule has 0 unspecified atom stereocenters. The fourth-order valence-electron chi connectivity index (χ4n) is 4.25. The van der Waals surface area contributed by atoms with Crippen molar-refractivity contribution in [3.8, 4) is 34.3 Å². The number of pyridine rings is 1. The number of carbonyl (C=O) groups excluding carboxylic acids is 1. The Morgan fingerprint density at radius 1 is 1.19 bits per heavy atom. The molecule has 0 spiro atoms. The van der Waals surface area contributed by atoms with Gasteiger partial charge in [-0.3, -0.25) is 4.79 Å². The molecule has 0 N–H and O–H groups in total. The standard InChI is InChI=1S/C23H20BrNO7/c1-28-15-6-5-13-19(22(15)30-10-18(26)29-2)23(27)25-7-3-4-12-8-16-17(32-11-31-16)9-14(12)21(25)20(13)24/h5-6,8-9H,3-4,7,10-11H2,1-2H3. The Bertz CT molecular complexity index is 1310. The molecule has 8 nitrogen and oxygen atoms in total. The van der Waals surface area contributed by atoms with E-state index in [2.05, 4.69) is 20.7 Å². The van der Waals surface area contributed by atoms with Gasteiger partial charge in [-0.15, -0.1) is 0 Å². The van der Waals surface area contributed by atoms with Gasteiger partial charge in [0.15, 0.2) is 29.6 Å². The van der Waals surface area contributed by atoms with E-state index in [1.54, 1.807) is 10.6 Å². The predicted octanol–water partition coefficient (Wildman–Crippen LogP) is 3.67. The van der Waals surface area contributed by atoms with Crippen LogP contribution in [-0.4, -0.2) is 38.2 Å². The molecular weight excluding hydrogens is 482 g/mol. The van der Waals surface area contributed by atoms with Crippen molar-refractivity contribution in [3.05, 3.63) is 44.7 Å². The first-order valence-corrected chi connectivity index (χ1v) is 10.9. The van der Waals surface area contributed by atoms with E-state index in [1.807, 2.05) is 18.2 Å². The quantitative estimate of drug-likeness (QED) is 0.504. The van der Waals surface area contributed by atoms with E-state index in [4.69, 9.17) is 18.9 Å². The molecule has 2 aliphatic heterocycles. The predicted molar refractivity (Wildman–Crippen MR) is 120 cm³/mol. The lowest BCUT2D eigenvalue weighted by Gasteiger charge is -2.19. The Morgan fingerprint density at radius 3 is 2.72 bits per heavy atom. The van der Waals surface area contributed by atoms with Crippen LogP contribution in [0.5, 0.6) is 23.0 Å². The minimum Gasteiger partial charge on any atom is -0.493 e. The monoisotopic (exact) mass is 501 g/mol. The molecule has 0 fully saturated rings. The summed E-state index contributed by atoms with van der Waals surface area (Å²) in [5, 5.41) is 1.00. The zero-order valence-corrected chi connectivity index (χ0v) is 19.1. The summed E-state index contributed by atoms with van der Waals surface area (Å²) in [5.74, 6) is 1.41. The van der Waals surface area contributed by atoms with E-state index in [0.29, 0.717) is 28.8 Å². The topological polar surface area (TPSA) is 85.2 Å². The largest absolute Gasteiger partial charge is 0.493 e. The molecule has 0 aliphatic carbocycles. The molecule has 5 rings (SSSR count). The van der Waals surface area contributed by atoms with Gasteiger partial charge < -0.3 is 28.3 Å². The van der Waals surface area contributed by atoms with Gasteiger partial charge in [-0.25, -0.2) is 4.79 Å². The number of carbonyl (C=O) groups is 1. The number of hydrogen-bond donors (Lipinski definition) is 0. The number of benzene rings is 2. The van der Waals surface area contributed by atoms with E-state index in [1.165, 1.54) is 14.2 Å². The van der Waals surface area contributed by atoms with Crippen molar-refractivity contribution < 1.29 is 28.5 Å². The number of aryl methyl sites for hydroxylation is 1. The lowest BCUT2D eigenvalue weighted by molar-refractivity contribution is -0.142. The Morgan fingerprint density at radius 2 is 1.97 bits per heavy atom. The third kappa shape index (κ3) is 3.19. The van der Waals surface area contributed by atoms with E-state index in [0.717, 1.165) is 39.9 Å². The van der Waals surface area contributed by atoms with Crippen molar-refractivity contribution in [2.45, 2.75) is 19.4 Å². The summed E-state index contributed by atoms with van der Waals surface area (Å²) in [5.41, 5.74) is 2.57. The number of hydrogen-bond acceptors (Lipinski definition) is 7. The fourth-order valence-corrected chi connectivity index (χ4v) is 5.01. The minimum absolute atomic E-state index is 0.185. The van der Waals surface area contributed by atoms with Crippen LogP contribution in [0, 0.1) is 0 Å². The van der Waals surface area contributed by atoms with Crippen molar-refractivity contribution in [3.63, 3.8) is 0 Å². The number of rotatable bonds is 4. The smallest absolute Gasteiger partial charge is 0.343 e. The summed E-state index contributed by atoms with van der Waals surface area (Å²) in [6.45, 7) is 0.374. The molecule has 32 heavy (non-hydrogen) atoms. The van der Waals surface area contributed by atoms with E-state index in [9.17, 15) is 9.59 Å². The van der Waals surface area contributed by atoms with Crippen molar-refractivity contribution in [2.75, 3.05) is 27.6 Å². The van der Waals surface area contributed by atoms with Crippen LogP contribution in [0.25, 0.3) is 22.0 Å². The third-order valence-corrected chi connectivity index (χ3v) is 6.56. The van der Waals surface area contributed by atoms with Gasteiger partial charge in [-0.2, -0.15) is 0 Å². The Labute approximate surface area is 191 Å². The molecule has 3 aromatic rings. The molecule has 0 atom stereocenters. The first kappa shape index (κ1) is 20.7. The van der Waals surface area contributed by atoms with Crippen LogP contribution in [0.2, 0.25) is 0 Å². The fraction of sp³-hybridized carbons (Fsp3) is 0.304. The summed E-state index contributed by atoms with van der Waals surface area (Å²) in [6.07, 6.45) is 1.57. The number of fused-ring (bicyclic) bond motifs is 5.